The molecule has 0 aromatic rings. The van der Waals surface area contributed by atoms with Gasteiger partial charge in [0.2, 0.25) is 0 Å². The molecule has 5 heteroatoms. The third kappa shape index (κ3) is 44.1. The molecule has 1 unspecified atom stereocenters. The van der Waals surface area contributed by atoms with E-state index in [0.29, 0.717) is 19.4 Å². The minimum Gasteiger partial charge on any atom is -0.462 e. The van der Waals surface area contributed by atoms with Crippen LogP contribution in [0.5, 0.6) is 0 Å². The van der Waals surface area contributed by atoms with Crippen LogP contribution in [-0.4, -0.2) is 37.9 Å². The van der Waals surface area contributed by atoms with Gasteiger partial charge in [-0.3, -0.25) is 9.59 Å². The monoisotopic (exact) mass is 781 g/mol. The highest BCUT2D eigenvalue weighted by Crippen LogP contribution is 2.13. The van der Waals surface area contributed by atoms with Crippen molar-refractivity contribution in [3.63, 3.8) is 0 Å². The Kier molecular flexibility index (Phi) is 44.5. The summed E-state index contributed by atoms with van der Waals surface area (Å²) in [5.41, 5.74) is 0. The minimum atomic E-state index is -0.560. The van der Waals surface area contributed by atoms with E-state index in [1.165, 1.54) is 109 Å². The Morgan fingerprint density at radius 2 is 0.821 bits per heavy atom. The number of carbonyl (C=O) groups is 2. The van der Waals surface area contributed by atoms with E-state index in [1.807, 2.05) is 0 Å². The lowest BCUT2D eigenvalue weighted by Crippen LogP contribution is -2.30. The van der Waals surface area contributed by atoms with E-state index >= 15 is 0 Å². The Labute approximate surface area is 347 Å². The van der Waals surface area contributed by atoms with E-state index in [1.54, 1.807) is 0 Å². The molecule has 322 valence electrons. The number of rotatable bonds is 42. The lowest BCUT2D eigenvalue weighted by Gasteiger charge is -2.18. The molecule has 0 heterocycles. The number of ether oxygens (including phenoxy) is 3. The van der Waals surface area contributed by atoms with Crippen LogP contribution in [0, 0.1) is 0 Å². The number of hydrogen-bond acceptors (Lipinski definition) is 5. The maximum absolute atomic E-state index is 12.7. The van der Waals surface area contributed by atoms with Crippen LogP contribution in [0.15, 0.2) is 72.9 Å². The Bertz CT molecular complexity index is 1020. The molecule has 0 aliphatic carbocycles. The molecule has 5 nitrogen and oxygen atoms in total. The third-order valence-electron chi connectivity index (χ3n) is 9.73. The molecule has 0 aliphatic heterocycles. The van der Waals surface area contributed by atoms with Gasteiger partial charge in [0.15, 0.2) is 6.10 Å². The molecule has 0 aromatic heterocycles. The SMILES string of the molecule is CC/C=C\C/C=C\C/C=C\C/C=C\C/C=C\CCCC(=O)OCC(COCCCCCCCC/C=C\CCCCCC)OC(=O)CCCCCCCCCCC. The van der Waals surface area contributed by atoms with Crippen LogP contribution in [0.2, 0.25) is 0 Å². The van der Waals surface area contributed by atoms with Crippen LogP contribution < -0.4 is 0 Å². The number of carbonyl (C=O) groups excluding carboxylic acids is 2. The minimum absolute atomic E-state index is 0.0528. The predicted octanol–water partition coefficient (Wildman–Crippen LogP) is 15.6. The molecule has 0 amide bonds. The first-order valence-electron chi connectivity index (χ1n) is 23.5. The summed E-state index contributed by atoms with van der Waals surface area (Å²) >= 11 is 0. The van der Waals surface area contributed by atoms with Crippen LogP contribution in [0.1, 0.15) is 213 Å². The van der Waals surface area contributed by atoms with Gasteiger partial charge in [0.25, 0.3) is 0 Å². The fraction of sp³-hybridized carbons (Fsp3) is 0.725. The number of allylic oxidation sites excluding steroid dienone is 12. The number of esters is 2. The molecule has 0 fully saturated rings. The summed E-state index contributed by atoms with van der Waals surface area (Å²) in [7, 11) is 0. The first-order chi connectivity index (χ1) is 27.6. The highest BCUT2D eigenvalue weighted by Gasteiger charge is 2.17. The standard InChI is InChI=1S/C51H88O5/c1-4-7-10-13-16-19-21-23-25-26-27-28-30-33-35-38-41-44-50(52)55-48-49(56-51(53)45-42-39-36-32-18-15-12-9-6-3)47-54-46-43-40-37-34-31-29-24-22-20-17-14-11-8-5-2/h7,10,16,19-20,22-23,25,27-28,33,35,49H,4-6,8-9,11-15,17-18,21,24,26,29-32,34,36-48H2,1-3H3/b10-7-,19-16-,22-20-,25-23-,28-27-,35-33-. The zero-order valence-electron chi connectivity index (χ0n) is 36.9. The molecular formula is C51H88O5. The second kappa shape index (κ2) is 46.7. The predicted molar refractivity (Wildman–Crippen MR) is 242 cm³/mol. The highest BCUT2D eigenvalue weighted by molar-refractivity contribution is 5.70. The van der Waals surface area contributed by atoms with Crippen LogP contribution in [0.25, 0.3) is 0 Å². The molecule has 1 atom stereocenters. The van der Waals surface area contributed by atoms with E-state index in [2.05, 4.69) is 93.7 Å². The van der Waals surface area contributed by atoms with Crippen LogP contribution in [0.4, 0.5) is 0 Å². The van der Waals surface area contributed by atoms with Gasteiger partial charge in [-0.15, -0.1) is 0 Å². The van der Waals surface area contributed by atoms with Crippen LogP contribution in [0.3, 0.4) is 0 Å². The first kappa shape index (κ1) is 53.3. The summed E-state index contributed by atoms with van der Waals surface area (Å²) in [6, 6.07) is 0. The van der Waals surface area contributed by atoms with Gasteiger partial charge in [0, 0.05) is 19.4 Å². The molecule has 0 aromatic carbocycles. The molecule has 0 aliphatic rings. The number of hydrogen-bond donors (Lipinski definition) is 0. The molecule has 0 bridgehead atoms. The molecular weight excluding hydrogens is 693 g/mol. The lowest BCUT2D eigenvalue weighted by atomic mass is 10.1. The van der Waals surface area contributed by atoms with Gasteiger partial charge in [-0.25, -0.2) is 0 Å². The van der Waals surface area contributed by atoms with Crippen molar-refractivity contribution in [2.75, 3.05) is 19.8 Å². The Morgan fingerprint density at radius 1 is 0.411 bits per heavy atom. The molecule has 0 rings (SSSR count). The molecule has 56 heavy (non-hydrogen) atoms. The van der Waals surface area contributed by atoms with Crippen molar-refractivity contribution in [3.8, 4) is 0 Å². The van der Waals surface area contributed by atoms with Gasteiger partial charge in [-0.05, 0) is 83.5 Å². The second-order valence-electron chi connectivity index (χ2n) is 15.3. The summed E-state index contributed by atoms with van der Waals surface area (Å²) in [6.07, 6.45) is 59.1. The van der Waals surface area contributed by atoms with Crippen molar-refractivity contribution in [3.05, 3.63) is 72.9 Å². The summed E-state index contributed by atoms with van der Waals surface area (Å²) < 4.78 is 17.3. The summed E-state index contributed by atoms with van der Waals surface area (Å²) in [6.45, 7) is 7.61. The first-order valence-corrected chi connectivity index (χ1v) is 23.5. The van der Waals surface area contributed by atoms with Gasteiger partial charge in [-0.2, -0.15) is 0 Å². The van der Waals surface area contributed by atoms with E-state index in [4.69, 9.17) is 14.2 Å². The lowest BCUT2D eigenvalue weighted by molar-refractivity contribution is -0.163. The maximum Gasteiger partial charge on any atom is 0.306 e. The average molecular weight is 781 g/mol. The zero-order valence-corrected chi connectivity index (χ0v) is 36.9. The molecule has 0 saturated carbocycles. The summed E-state index contributed by atoms with van der Waals surface area (Å²) in [5, 5.41) is 0. The van der Waals surface area contributed by atoms with Crippen molar-refractivity contribution in [1.82, 2.24) is 0 Å². The van der Waals surface area contributed by atoms with Crippen molar-refractivity contribution < 1.29 is 23.8 Å². The zero-order chi connectivity index (χ0) is 40.7. The highest BCUT2D eigenvalue weighted by atomic mass is 16.6. The fourth-order valence-corrected chi connectivity index (χ4v) is 6.24. The van der Waals surface area contributed by atoms with E-state index in [9.17, 15) is 9.59 Å². The van der Waals surface area contributed by atoms with Gasteiger partial charge in [0.05, 0.1) is 6.61 Å². The van der Waals surface area contributed by atoms with Gasteiger partial charge < -0.3 is 14.2 Å². The Morgan fingerprint density at radius 3 is 1.38 bits per heavy atom. The Balaban J connectivity index is 4.32. The summed E-state index contributed by atoms with van der Waals surface area (Å²) in [5.74, 6) is -0.470. The largest absolute Gasteiger partial charge is 0.462 e. The summed E-state index contributed by atoms with van der Waals surface area (Å²) in [4.78, 5) is 25.2. The normalized spacial score (nSPS) is 12.8. The Hall–Kier alpha value is -2.66. The molecule has 0 saturated heterocycles. The van der Waals surface area contributed by atoms with Gasteiger partial charge in [-0.1, -0.05) is 190 Å². The fourth-order valence-electron chi connectivity index (χ4n) is 6.24. The van der Waals surface area contributed by atoms with E-state index in [0.717, 1.165) is 70.6 Å². The van der Waals surface area contributed by atoms with E-state index < -0.39 is 6.10 Å². The van der Waals surface area contributed by atoms with Gasteiger partial charge >= 0.3 is 11.9 Å². The van der Waals surface area contributed by atoms with Crippen molar-refractivity contribution in [2.24, 2.45) is 0 Å². The molecule has 0 spiro atoms. The van der Waals surface area contributed by atoms with Crippen molar-refractivity contribution in [1.29, 1.82) is 0 Å². The molecule has 0 N–H and O–H groups in total. The van der Waals surface area contributed by atoms with Gasteiger partial charge in [0.1, 0.15) is 6.61 Å². The number of unbranched alkanes of at least 4 members (excludes halogenated alkanes) is 19. The topological polar surface area (TPSA) is 61.8 Å². The van der Waals surface area contributed by atoms with Crippen molar-refractivity contribution >= 4 is 11.9 Å². The van der Waals surface area contributed by atoms with E-state index in [-0.39, 0.29) is 25.2 Å². The van der Waals surface area contributed by atoms with Crippen LogP contribution >= 0.6 is 0 Å². The van der Waals surface area contributed by atoms with Crippen molar-refractivity contribution in [2.45, 2.75) is 219 Å². The second-order valence-corrected chi connectivity index (χ2v) is 15.3. The van der Waals surface area contributed by atoms with Crippen LogP contribution in [-0.2, 0) is 23.8 Å². The average Bonchev–Trinajstić information content (AvgIpc) is 3.20. The molecule has 0 radical (unpaired) electrons. The quantitative estimate of drug-likeness (QED) is 0.0351. The maximum atomic E-state index is 12.7. The third-order valence-corrected chi connectivity index (χ3v) is 9.73. The smallest absolute Gasteiger partial charge is 0.306 e.